The number of rotatable bonds is 6. The van der Waals surface area contributed by atoms with Crippen molar-refractivity contribution in [3.05, 3.63) is 59.3 Å². The fourth-order valence-corrected chi connectivity index (χ4v) is 4.75. The van der Waals surface area contributed by atoms with E-state index in [-0.39, 0.29) is 6.10 Å². The molecule has 0 aromatic heterocycles. The maximum Gasteiger partial charge on any atom is 0.0824 e. The molecule has 0 amide bonds. The van der Waals surface area contributed by atoms with Crippen molar-refractivity contribution in [3.8, 4) is 0 Å². The summed E-state index contributed by atoms with van der Waals surface area (Å²) in [6.07, 6.45) is 9.89. The van der Waals surface area contributed by atoms with Crippen molar-refractivity contribution in [2.75, 3.05) is 0 Å². The van der Waals surface area contributed by atoms with Crippen LogP contribution in [0.3, 0.4) is 0 Å². The van der Waals surface area contributed by atoms with E-state index in [1.54, 1.807) is 5.57 Å². The van der Waals surface area contributed by atoms with Gasteiger partial charge in [-0.05, 0) is 43.6 Å². The van der Waals surface area contributed by atoms with Crippen LogP contribution in [0.4, 0.5) is 0 Å². The van der Waals surface area contributed by atoms with Crippen molar-refractivity contribution in [1.82, 2.24) is 0 Å². The minimum atomic E-state index is -1.10. The first-order chi connectivity index (χ1) is 10.5. The molecule has 120 valence electrons. The maximum absolute atomic E-state index is 10.2. The monoisotopic (exact) mass is 314 g/mol. The normalized spacial score (nSPS) is 22.5. The molecule has 1 saturated carbocycles. The topological polar surface area (TPSA) is 20.2 Å². The van der Waals surface area contributed by atoms with Gasteiger partial charge < -0.3 is 5.11 Å². The molecule has 0 spiro atoms. The summed E-state index contributed by atoms with van der Waals surface area (Å²) in [5, 5.41) is 10.2. The molecular formula is C20H30OSi. The van der Waals surface area contributed by atoms with E-state index >= 15 is 0 Å². The average Bonchev–Trinajstić information content (AvgIpc) is 2.89. The second kappa shape index (κ2) is 7.93. The van der Waals surface area contributed by atoms with Gasteiger partial charge >= 0.3 is 0 Å². The molecule has 0 saturated heterocycles. The molecule has 0 radical (unpaired) electrons. The lowest BCUT2D eigenvalue weighted by Crippen LogP contribution is -2.17. The predicted octanol–water partition coefficient (Wildman–Crippen LogP) is 5.66. The Morgan fingerprint density at radius 3 is 2.59 bits per heavy atom. The number of hydrogen-bond acceptors (Lipinski definition) is 1. The summed E-state index contributed by atoms with van der Waals surface area (Å²) in [6.45, 7) is 7.25. The van der Waals surface area contributed by atoms with Gasteiger partial charge in [-0.2, -0.15) is 0 Å². The fourth-order valence-electron chi connectivity index (χ4n) is 3.25. The lowest BCUT2D eigenvalue weighted by molar-refractivity contribution is 0.181. The molecule has 1 N–H and O–H groups in total. The first-order valence-electron chi connectivity index (χ1n) is 8.55. The summed E-state index contributed by atoms with van der Waals surface area (Å²) in [7, 11) is -1.10. The third-order valence-electron chi connectivity index (χ3n) is 4.29. The van der Waals surface area contributed by atoms with Gasteiger partial charge in [0.1, 0.15) is 0 Å². The van der Waals surface area contributed by atoms with E-state index in [4.69, 9.17) is 0 Å². The highest BCUT2D eigenvalue weighted by Crippen LogP contribution is 2.35. The highest BCUT2D eigenvalue weighted by atomic mass is 28.3. The van der Waals surface area contributed by atoms with Gasteiger partial charge in [-0.1, -0.05) is 73.4 Å². The van der Waals surface area contributed by atoms with Gasteiger partial charge in [0.25, 0.3) is 0 Å². The molecule has 1 aromatic carbocycles. The second-order valence-corrected chi connectivity index (χ2v) is 12.6. The molecule has 0 aliphatic heterocycles. The van der Waals surface area contributed by atoms with Crippen LogP contribution in [0.25, 0.3) is 0 Å². The minimum Gasteiger partial charge on any atom is -0.388 e. The van der Waals surface area contributed by atoms with Crippen molar-refractivity contribution in [2.24, 2.45) is 5.92 Å². The van der Waals surface area contributed by atoms with Crippen LogP contribution >= 0.6 is 0 Å². The van der Waals surface area contributed by atoms with Crippen molar-refractivity contribution < 1.29 is 5.11 Å². The first kappa shape index (κ1) is 17.2. The Labute approximate surface area is 136 Å². The van der Waals surface area contributed by atoms with Gasteiger partial charge in [0.05, 0.1) is 14.2 Å². The zero-order chi connectivity index (χ0) is 16.0. The third kappa shape index (κ3) is 5.58. The van der Waals surface area contributed by atoms with Crippen LogP contribution in [0, 0.1) is 5.92 Å². The lowest BCUT2D eigenvalue weighted by Gasteiger charge is -2.16. The Morgan fingerprint density at radius 1 is 1.18 bits per heavy atom. The summed E-state index contributed by atoms with van der Waals surface area (Å²) in [4.78, 5) is 0. The molecule has 2 unspecified atom stereocenters. The standard InChI is InChI=1S/C20H30OSi/c1-22(2,3)16-19-14-9-13-17(19)10-7-8-15-20(21)18-11-5-4-6-12-18/h4-8,11-12,16-17,20-21H,9-10,13-15H2,1-3H3/b8-7+,19-16-. The zero-order valence-electron chi connectivity index (χ0n) is 14.3. The smallest absolute Gasteiger partial charge is 0.0824 e. The SMILES string of the molecule is C[Si](C)(C)/C=C1/CCCC1C/C=C/CC(O)c1ccccc1. The third-order valence-corrected chi connectivity index (χ3v) is 5.53. The van der Waals surface area contributed by atoms with E-state index in [2.05, 4.69) is 37.5 Å². The van der Waals surface area contributed by atoms with E-state index in [1.807, 2.05) is 30.3 Å². The van der Waals surface area contributed by atoms with E-state index < -0.39 is 8.07 Å². The quantitative estimate of drug-likeness (QED) is 0.530. The van der Waals surface area contributed by atoms with Crippen LogP contribution < -0.4 is 0 Å². The number of benzene rings is 1. The highest BCUT2D eigenvalue weighted by Gasteiger charge is 2.22. The number of aliphatic hydroxyl groups is 1. The van der Waals surface area contributed by atoms with Crippen LogP contribution in [0.5, 0.6) is 0 Å². The fraction of sp³-hybridized carbons (Fsp3) is 0.500. The van der Waals surface area contributed by atoms with Crippen molar-refractivity contribution in [3.63, 3.8) is 0 Å². The van der Waals surface area contributed by atoms with E-state index in [1.165, 1.54) is 19.3 Å². The molecule has 0 heterocycles. The number of allylic oxidation sites excluding steroid dienone is 2. The molecule has 2 heteroatoms. The van der Waals surface area contributed by atoms with Crippen molar-refractivity contribution >= 4 is 8.07 Å². The van der Waals surface area contributed by atoms with Gasteiger partial charge in [-0.3, -0.25) is 0 Å². The molecule has 1 aromatic rings. The summed E-state index contributed by atoms with van der Waals surface area (Å²) in [5.41, 5.74) is 5.32. The summed E-state index contributed by atoms with van der Waals surface area (Å²) < 4.78 is 0. The summed E-state index contributed by atoms with van der Waals surface area (Å²) >= 11 is 0. The number of aliphatic hydroxyl groups excluding tert-OH is 1. The first-order valence-corrected chi connectivity index (χ1v) is 12.1. The minimum absolute atomic E-state index is 0.377. The van der Waals surface area contributed by atoms with Crippen LogP contribution in [-0.2, 0) is 0 Å². The van der Waals surface area contributed by atoms with Gasteiger partial charge in [0.15, 0.2) is 0 Å². The van der Waals surface area contributed by atoms with Gasteiger partial charge in [-0.15, -0.1) is 0 Å². The van der Waals surface area contributed by atoms with Crippen LogP contribution in [0.1, 0.15) is 43.8 Å². The number of hydrogen-bond donors (Lipinski definition) is 1. The van der Waals surface area contributed by atoms with E-state index in [0.717, 1.165) is 17.9 Å². The molecule has 1 aliphatic carbocycles. The average molecular weight is 315 g/mol. The summed E-state index contributed by atoms with van der Waals surface area (Å²) in [6, 6.07) is 9.93. The van der Waals surface area contributed by atoms with Crippen LogP contribution in [0.2, 0.25) is 19.6 Å². The van der Waals surface area contributed by atoms with Crippen molar-refractivity contribution in [1.29, 1.82) is 0 Å². The molecule has 1 nitrogen and oxygen atoms in total. The molecular weight excluding hydrogens is 284 g/mol. The molecule has 2 atom stereocenters. The van der Waals surface area contributed by atoms with E-state index in [0.29, 0.717) is 6.42 Å². The van der Waals surface area contributed by atoms with Gasteiger partial charge in [0.2, 0.25) is 0 Å². The Kier molecular flexibility index (Phi) is 6.22. The molecule has 0 bridgehead atoms. The highest BCUT2D eigenvalue weighted by molar-refractivity contribution is 6.81. The van der Waals surface area contributed by atoms with E-state index in [9.17, 15) is 5.11 Å². The van der Waals surface area contributed by atoms with Gasteiger partial charge in [0, 0.05) is 0 Å². The Hall–Kier alpha value is -1.12. The molecule has 1 fully saturated rings. The van der Waals surface area contributed by atoms with Gasteiger partial charge in [-0.25, -0.2) is 0 Å². The lowest BCUT2D eigenvalue weighted by atomic mass is 9.99. The molecule has 2 rings (SSSR count). The largest absolute Gasteiger partial charge is 0.388 e. The zero-order valence-corrected chi connectivity index (χ0v) is 15.3. The molecule has 22 heavy (non-hydrogen) atoms. The van der Waals surface area contributed by atoms with Crippen LogP contribution in [-0.4, -0.2) is 13.2 Å². The Bertz CT molecular complexity index is 510. The Balaban J connectivity index is 1.83. The molecule has 1 aliphatic rings. The maximum atomic E-state index is 10.2. The summed E-state index contributed by atoms with van der Waals surface area (Å²) in [5.74, 6) is 0.747. The second-order valence-electron chi connectivity index (χ2n) is 7.54. The van der Waals surface area contributed by atoms with Crippen LogP contribution in [0.15, 0.2) is 53.8 Å². The van der Waals surface area contributed by atoms with Crippen molar-refractivity contribution in [2.45, 2.75) is 57.8 Å². The Morgan fingerprint density at radius 2 is 1.91 bits per heavy atom. The predicted molar refractivity (Wildman–Crippen MR) is 98.5 cm³/mol.